The van der Waals surface area contributed by atoms with Gasteiger partial charge in [-0.1, -0.05) is 207 Å². The highest BCUT2D eigenvalue weighted by Crippen LogP contribution is 2.17. The van der Waals surface area contributed by atoms with E-state index in [1.807, 2.05) is 0 Å². The van der Waals surface area contributed by atoms with Crippen LogP contribution in [0.5, 0.6) is 0 Å². The van der Waals surface area contributed by atoms with Gasteiger partial charge in [0.2, 0.25) is 5.91 Å². The van der Waals surface area contributed by atoms with Crippen molar-refractivity contribution in [1.82, 2.24) is 5.32 Å². The molecular weight excluding hydrogens is 570 g/mol. The van der Waals surface area contributed by atoms with Crippen LogP contribution >= 0.6 is 0 Å². The highest BCUT2D eigenvalue weighted by molar-refractivity contribution is 5.76. The average molecular weight is 654 g/mol. The first kappa shape index (κ1) is 45.3. The van der Waals surface area contributed by atoms with Gasteiger partial charge < -0.3 is 20.6 Å². The number of hydrogen-bond acceptors (Lipinski definition) is 4. The van der Waals surface area contributed by atoms with Gasteiger partial charge in [-0.15, -0.1) is 0 Å². The van der Waals surface area contributed by atoms with Crippen molar-refractivity contribution in [2.24, 2.45) is 5.92 Å². The largest absolute Gasteiger partial charge is 0.394 e. The molecular formula is C41H83NO4. The van der Waals surface area contributed by atoms with E-state index in [4.69, 9.17) is 0 Å². The maximum absolute atomic E-state index is 12.4. The first-order valence-electron chi connectivity index (χ1n) is 20.7. The lowest BCUT2D eigenvalue weighted by molar-refractivity contribution is -0.124. The van der Waals surface area contributed by atoms with Gasteiger partial charge in [-0.3, -0.25) is 4.79 Å². The lowest BCUT2D eigenvalue weighted by Crippen LogP contribution is -2.50. The molecule has 0 saturated heterocycles. The first-order valence-corrected chi connectivity index (χ1v) is 20.7. The van der Waals surface area contributed by atoms with E-state index in [0.29, 0.717) is 12.8 Å². The Labute approximate surface area is 287 Å². The maximum atomic E-state index is 12.4. The molecule has 0 bridgehead atoms. The van der Waals surface area contributed by atoms with Gasteiger partial charge in [0, 0.05) is 6.42 Å². The zero-order valence-corrected chi connectivity index (χ0v) is 31.4. The smallest absolute Gasteiger partial charge is 0.220 e. The van der Waals surface area contributed by atoms with Gasteiger partial charge >= 0.3 is 0 Å². The normalized spacial score (nSPS) is 13.7. The minimum absolute atomic E-state index is 0.142. The van der Waals surface area contributed by atoms with Crippen molar-refractivity contribution in [2.45, 2.75) is 244 Å². The molecule has 0 aromatic rings. The first-order chi connectivity index (χ1) is 22.4. The van der Waals surface area contributed by atoms with Gasteiger partial charge in [-0.05, 0) is 18.8 Å². The molecule has 5 nitrogen and oxygen atoms in total. The molecule has 3 atom stereocenters. The Kier molecular flexibility index (Phi) is 35.1. The van der Waals surface area contributed by atoms with Gasteiger partial charge in [0.15, 0.2) is 0 Å². The minimum atomic E-state index is -1.13. The van der Waals surface area contributed by atoms with Gasteiger partial charge in [0.05, 0.1) is 18.8 Å². The van der Waals surface area contributed by atoms with Gasteiger partial charge in [-0.2, -0.15) is 0 Å². The molecule has 0 saturated carbocycles. The second-order valence-corrected chi connectivity index (χ2v) is 15.0. The third kappa shape index (κ3) is 31.9. The Bertz CT molecular complexity index is 613. The number of rotatable bonds is 37. The van der Waals surface area contributed by atoms with E-state index in [1.54, 1.807) is 0 Å². The van der Waals surface area contributed by atoms with Crippen molar-refractivity contribution in [1.29, 1.82) is 0 Å². The second kappa shape index (κ2) is 35.7. The molecule has 0 aliphatic rings. The lowest BCUT2D eigenvalue weighted by Gasteiger charge is -2.26. The molecule has 0 fully saturated rings. The summed E-state index contributed by atoms with van der Waals surface area (Å²) in [5.41, 5.74) is 0. The molecule has 0 rings (SSSR count). The van der Waals surface area contributed by atoms with Crippen LogP contribution in [-0.4, -0.2) is 46.1 Å². The summed E-state index contributed by atoms with van der Waals surface area (Å²) in [6.45, 7) is 6.54. The third-order valence-corrected chi connectivity index (χ3v) is 9.89. The molecule has 0 heterocycles. The molecule has 0 radical (unpaired) electrons. The van der Waals surface area contributed by atoms with E-state index in [9.17, 15) is 20.1 Å². The molecule has 0 aliphatic heterocycles. The van der Waals surface area contributed by atoms with E-state index < -0.39 is 18.2 Å². The highest BCUT2D eigenvalue weighted by Gasteiger charge is 2.26. The number of unbranched alkanes of at least 4 members (excludes halogenated alkanes) is 27. The number of carbonyl (C=O) groups excluding carboxylic acids is 1. The minimum Gasteiger partial charge on any atom is -0.394 e. The molecule has 3 unspecified atom stereocenters. The number of aliphatic hydroxyl groups excluding tert-OH is 3. The summed E-state index contributed by atoms with van der Waals surface area (Å²) in [5, 5.41) is 33.5. The molecule has 0 aromatic carbocycles. The van der Waals surface area contributed by atoms with E-state index in [2.05, 4.69) is 26.1 Å². The van der Waals surface area contributed by atoms with Crippen LogP contribution in [0.1, 0.15) is 226 Å². The summed E-state index contributed by atoms with van der Waals surface area (Å²) in [5.74, 6) is 0.708. The predicted octanol–water partition coefficient (Wildman–Crippen LogP) is 11.3. The quantitative estimate of drug-likeness (QED) is 0.0502. The molecule has 4 N–H and O–H groups in total. The molecule has 0 aromatic heterocycles. The highest BCUT2D eigenvalue weighted by atomic mass is 16.3. The molecule has 276 valence electrons. The van der Waals surface area contributed by atoms with Gasteiger partial charge in [0.25, 0.3) is 0 Å². The van der Waals surface area contributed by atoms with Crippen LogP contribution < -0.4 is 5.32 Å². The van der Waals surface area contributed by atoms with Crippen molar-refractivity contribution in [3.8, 4) is 0 Å². The Morgan fingerprint density at radius 1 is 0.500 bits per heavy atom. The molecule has 0 spiro atoms. The van der Waals surface area contributed by atoms with Crippen LogP contribution in [0.15, 0.2) is 0 Å². The van der Waals surface area contributed by atoms with Gasteiger partial charge in [-0.25, -0.2) is 0 Å². The van der Waals surface area contributed by atoms with E-state index in [1.165, 1.54) is 161 Å². The number of aliphatic hydroxyl groups is 3. The SMILES string of the molecule is CCCCCCCCCCCCCCCCCC(=O)NC(CO)C(O)C(O)CCCCCCCCCCCCCCCCC(C)C. The van der Waals surface area contributed by atoms with Crippen LogP contribution in [-0.2, 0) is 4.79 Å². The fraction of sp³-hybridized carbons (Fsp3) is 0.976. The number of carbonyl (C=O) groups is 1. The Balaban J connectivity index is 3.62. The summed E-state index contributed by atoms with van der Waals surface area (Å²) < 4.78 is 0. The zero-order chi connectivity index (χ0) is 33.9. The molecule has 1 amide bonds. The fourth-order valence-corrected chi connectivity index (χ4v) is 6.64. The number of nitrogens with one attached hydrogen (secondary N) is 1. The van der Waals surface area contributed by atoms with Crippen LogP contribution in [0.4, 0.5) is 0 Å². The van der Waals surface area contributed by atoms with Crippen molar-refractivity contribution in [2.75, 3.05) is 6.61 Å². The van der Waals surface area contributed by atoms with E-state index in [-0.39, 0.29) is 12.5 Å². The zero-order valence-electron chi connectivity index (χ0n) is 31.4. The summed E-state index contributed by atoms with van der Waals surface area (Å²) >= 11 is 0. The van der Waals surface area contributed by atoms with Crippen LogP contribution in [0, 0.1) is 5.92 Å². The van der Waals surface area contributed by atoms with Crippen molar-refractivity contribution >= 4 is 5.91 Å². The lowest BCUT2D eigenvalue weighted by atomic mass is 9.99. The summed E-state index contributed by atoms with van der Waals surface area (Å²) in [6.07, 6.45) is 37.7. The topological polar surface area (TPSA) is 89.8 Å². The third-order valence-electron chi connectivity index (χ3n) is 9.89. The number of amides is 1. The Morgan fingerprint density at radius 3 is 1.17 bits per heavy atom. The van der Waals surface area contributed by atoms with Crippen molar-refractivity contribution in [3.05, 3.63) is 0 Å². The standard InChI is InChI=1S/C41H83NO4/c1-4-5-6-7-8-9-10-11-12-17-20-23-26-29-32-35-40(45)42-38(36-43)41(46)39(44)34-31-28-25-22-19-16-14-13-15-18-21-24-27-30-33-37(2)3/h37-39,41,43-44,46H,4-36H2,1-3H3,(H,42,45). The molecule has 5 heteroatoms. The fourth-order valence-electron chi connectivity index (χ4n) is 6.64. The maximum Gasteiger partial charge on any atom is 0.220 e. The average Bonchev–Trinajstić information content (AvgIpc) is 3.04. The second-order valence-electron chi connectivity index (χ2n) is 15.0. The Morgan fingerprint density at radius 2 is 0.826 bits per heavy atom. The van der Waals surface area contributed by atoms with Crippen LogP contribution in [0.25, 0.3) is 0 Å². The summed E-state index contributed by atoms with van der Waals surface area (Å²) in [4.78, 5) is 12.4. The number of hydrogen-bond donors (Lipinski definition) is 4. The van der Waals surface area contributed by atoms with Crippen molar-refractivity contribution in [3.63, 3.8) is 0 Å². The predicted molar refractivity (Wildman–Crippen MR) is 199 cm³/mol. The molecule has 46 heavy (non-hydrogen) atoms. The summed E-state index contributed by atoms with van der Waals surface area (Å²) in [6, 6.07) is -0.802. The van der Waals surface area contributed by atoms with Crippen LogP contribution in [0.2, 0.25) is 0 Å². The summed E-state index contributed by atoms with van der Waals surface area (Å²) in [7, 11) is 0. The van der Waals surface area contributed by atoms with Crippen LogP contribution in [0.3, 0.4) is 0 Å². The van der Waals surface area contributed by atoms with E-state index in [0.717, 1.165) is 38.0 Å². The monoisotopic (exact) mass is 654 g/mol. The van der Waals surface area contributed by atoms with Crippen molar-refractivity contribution < 1.29 is 20.1 Å². The van der Waals surface area contributed by atoms with E-state index >= 15 is 0 Å². The van der Waals surface area contributed by atoms with Gasteiger partial charge in [0.1, 0.15) is 6.10 Å². The Hall–Kier alpha value is -0.650. The molecule has 0 aliphatic carbocycles.